The van der Waals surface area contributed by atoms with Gasteiger partial charge in [0, 0.05) is 13.0 Å². The molecule has 3 rings (SSSR count). The van der Waals surface area contributed by atoms with Crippen LogP contribution in [0.5, 0.6) is 11.5 Å². The van der Waals surface area contributed by atoms with Gasteiger partial charge in [-0.15, -0.1) is 12.4 Å². The molecule has 10 heteroatoms. The second-order valence-corrected chi connectivity index (χ2v) is 8.72. The van der Waals surface area contributed by atoms with E-state index in [0.717, 1.165) is 16.7 Å². The molecule has 0 saturated carbocycles. The van der Waals surface area contributed by atoms with E-state index in [-0.39, 0.29) is 32.0 Å². The van der Waals surface area contributed by atoms with Gasteiger partial charge in [-0.05, 0) is 55.5 Å². The lowest BCUT2D eigenvalue weighted by molar-refractivity contribution is -0.153. The molecule has 1 amide bonds. The number of carboxylic acids is 1. The number of aliphatic carboxylic acids is 1. The molecule has 0 fully saturated rings. The van der Waals surface area contributed by atoms with Gasteiger partial charge in [-0.1, -0.05) is 30.3 Å². The highest BCUT2D eigenvalue weighted by Gasteiger charge is 2.38. The van der Waals surface area contributed by atoms with Crippen LogP contribution < -0.4 is 14.8 Å². The molecule has 2 aromatic carbocycles. The molecule has 2 N–H and O–H groups in total. The fourth-order valence-electron chi connectivity index (χ4n) is 4.45. The molecule has 0 aromatic heterocycles. The number of halogens is 1. The Bertz CT molecular complexity index is 1080. The zero-order valence-corrected chi connectivity index (χ0v) is 22.4. The number of aryl methyl sites for hydroxylation is 1. The lowest BCUT2D eigenvalue weighted by Gasteiger charge is -2.37. The molecular weight excluding hydrogens is 500 g/mol. The number of carbonyl (C=O) groups excluding carboxylic acids is 2. The molecule has 2 aromatic rings. The van der Waals surface area contributed by atoms with Gasteiger partial charge in [0.15, 0.2) is 11.5 Å². The largest absolute Gasteiger partial charge is 0.493 e. The highest BCUT2D eigenvalue weighted by atomic mass is 35.5. The molecule has 0 radical (unpaired) electrons. The van der Waals surface area contributed by atoms with Crippen LogP contribution in [0.2, 0.25) is 0 Å². The van der Waals surface area contributed by atoms with Crippen molar-refractivity contribution in [3.8, 4) is 11.5 Å². The summed E-state index contributed by atoms with van der Waals surface area (Å²) in [5.41, 5.74) is 2.64. The number of fused-ring (bicyclic) bond motifs is 1. The van der Waals surface area contributed by atoms with E-state index in [1.807, 2.05) is 30.3 Å². The van der Waals surface area contributed by atoms with Gasteiger partial charge < -0.3 is 24.2 Å². The third kappa shape index (κ3) is 7.36. The topological polar surface area (TPSA) is 114 Å². The molecule has 37 heavy (non-hydrogen) atoms. The summed E-state index contributed by atoms with van der Waals surface area (Å²) >= 11 is 0. The van der Waals surface area contributed by atoms with Gasteiger partial charge >= 0.3 is 11.9 Å². The number of amides is 1. The average Bonchev–Trinajstić information content (AvgIpc) is 2.89. The number of ether oxygens (including phenoxy) is 3. The smallest absolute Gasteiger partial charge is 0.326 e. The Balaban J connectivity index is 0.00000481. The summed E-state index contributed by atoms with van der Waals surface area (Å²) in [7, 11) is 3.04. The van der Waals surface area contributed by atoms with Crippen LogP contribution in [0.25, 0.3) is 0 Å². The molecule has 1 aliphatic rings. The first-order chi connectivity index (χ1) is 17.3. The third-order valence-corrected chi connectivity index (χ3v) is 6.36. The summed E-state index contributed by atoms with van der Waals surface area (Å²) in [5.74, 6) is -0.930. The molecule has 9 nitrogen and oxygen atoms in total. The van der Waals surface area contributed by atoms with E-state index < -0.39 is 36.0 Å². The van der Waals surface area contributed by atoms with Crippen LogP contribution in [0.1, 0.15) is 37.0 Å². The molecule has 0 bridgehead atoms. The molecule has 3 atom stereocenters. The first kappa shape index (κ1) is 29.9. The molecular formula is C27H35ClN2O7. The standard InChI is InChI=1S/C27H34N2O7.ClH/c1-5-36-27(33)21(12-11-18-9-7-6-8-10-18)28-17(2)25(30)29-16-20-15-24(35-4)23(34-3)14-19(20)13-22(29)26(31)32;/h6-10,14-15,17,21-22,28H,5,11-13,16H2,1-4H3,(H,31,32);1H/t17-,21-,22+;/m0./s1. The maximum atomic E-state index is 13.5. The number of methoxy groups -OCH3 is 2. The number of nitrogens with zero attached hydrogens (tertiary/aromatic N) is 1. The van der Waals surface area contributed by atoms with E-state index in [0.29, 0.717) is 24.3 Å². The Morgan fingerprint density at radius 2 is 1.70 bits per heavy atom. The Hall–Kier alpha value is -3.30. The molecule has 0 saturated heterocycles. The van der Waals surface area contributed by atoms with E-state index >= 15 is 0 Å². The summed E-state index contributed by atoms with van der Waals surface area (Å²) < 4.78 is 15.9. The van der Waals surface area contributed by atoms with Crippen molar-refractivity contribution in [2.24, 2.45) is 0 Å². The quantitative estimate of drug-likeness (QED) is 0.423. The predicted octanol–water partition coefficient (Wildman–Crippen LogP) is 3.01. The van der Waals surface area contributed by atoms with Crippen LogP contribution in [-0.2, 0) is 38.5 Å². The van der Waals surface area contributed by atoms with E-state index in [4.69, 9.17) is 14.2 Å². The van der Waals surface area contributed by atoms with E-state index in [1.54, 1.807) is 26.0 Å². The molecule has 1 heterocycles. The van der Waals surface area contributed by atoms with Crippen LogP contribution in [0.4, 0.5) is 0 Å². The van der Waals surface area contributed by atoms with Crippen LogP contribution in [0, 0.1) is 0 Å². The number of rotatable bonds is 11. The highest BCUT2D eigenvalue weighted by molar-refractivity contribution is 5.88. The third-order valence-electron chi connectivity index (χ3n) is 6.36. The van der Waals surface area contributed by atoms with Gasteiger partial charge in [0.2, 0.25) is 5.91 Å². The minimum Gasteiger partial charge on any atom is -0.493 e. The lowest BCUT2D eigenvalue weighted by atomic mass is 9.92. The van der Waals surface area contributed by atoms with Gasteiger partial charge in [-0.3, -0.25) is 14.9 Å². The lowest BCUT2D eigenvalue weighted by Crippen LogP contribution is -2.56. The number of hydrogen-bond acceptors (Lipinski definition) is 7. The van der Waals surface area contributed by atoms with Crippen molar-refractivity contribution < 1.29 is 33.7 Å². The second kappa shape index (κ2) is 13.9. The number of benzene rings is 2. The molecule has 0 aliphatic carbocycles. The minimum absolute atomic E-state index is 0. The number of nitrogens with one attached hydrogen (secondary N) is 1. The van der Waals surface area contributed by atoms with Crippen molar-refractivity contribution in [3.05, 3.63) is 59.2 Å². The van der Waals surface area contributed by atoms with Gasteiger partial charge in [0.1, 0.15) is 12.1 Å². The fourth-order valence-corrected chi connectivity index (χ4v) is 4.45. The first-order valence-electron chi connectivity index (χ1n) is 12.0. The summed E-state index contributed by atoms with van der Waals surface area (Å²) in [5, 5.41) is 13.0. The van der Waals surface area contributed by atoms with E-state index in [2.05, 4.69) is 5.32 Å². The Morgan fingerprint density at radius 1 is 1.08 bits per heavy atom. The van der Waals surface area contributed by atoms with Crippen molar-refractivity contribution in [1.29, 1.82) is 0 Å². The summed E-state index contributed by atoms with van der Waals surface area (Å²) in [6, 6.07) is 10.7. The summed E-state index contributed by atoms with van der Waals surface area (Å²) in [6.07, 6.45) is 1.19. The maximum absolute atomic E-state index is 13.5. The molecule has 0 spiro atoms. The first-order valence-corrected chi connectivity index (χ1v) is 12.0. The average molecular weight is 535 g/mol. The van der Waals surface area contributed by atoms with Crippen LogP contribution in [0.15, 0.2) is 42.5 Å². The second-order valence-electron chi connectivity index (χ2n) is 8.72. The summed E-state index contributed by atoms with van der Waals surface area (Å²) in [4.78, 5) is 39.6. The van der Waals surface area contributed by atoms with E-state index in [1.165, 1.54) is 19.1 Å². The van der Waals surface area contributed by atoms with Gasteiger partial charge in [-0.25, -0.2) is 4.79 Å². The van der Waals surface area contributed by atoms with E-state index in [9.17, 15) is 19.5 Å². The Morgan fingerprint density at radius 3 is 2.27 bits per heavy atom. The van der Waals surface area contributed by atoms with Crippen molar-refractivity contribution in [3.63, 3.8) is 0 Å². The van der Waals surface area contributed by atoms with Gasteiger partial charge in [0.05, 0.1) is 26.9 Å². The van der Waals surface area contributed by atoms with Gasteiger partial charge in [0.25, 0.3) is 0 Å². The monoisotopic (exact) mass is 534 g/mol. The number of carbonyl (C=O) groups is 3. The fraction of sp³-hybridized carbons (Fsp3) is 0.444. The van der Waals surface area contributed by atoms with Crippen LogP contribution >= 0.6 is 12.4 Å². The minimum atomic E-state index is -1.10. The van der Waals surface area contributed by atoms with Crippen molar-refractivity contribution in [2.75, 3.05) is 20.8 Å². The highest BCUT2D eigenvalue weighted by Crippen LogP contribution is 2.35. The van der Waals surface area contributed by atoms with Crippen molar-refractivity contribution >= 4 is 30.3 Å². The van der Waals surface area contributed by atoms with Gasteiger partial charge in [-0.2, -0.15) is 0 Å². The summed E-state index contributed by atoms with van der Waals surface area (Å²) in [6.45, 7) is 3.69. The Labute approximate surface area is 223 Å². The number of esters is 1. The van der Waals surface area contributed by atoms with Crippen molar-refractivity contribution in [2.45, 2.75) is 57.8 Å². The van der Waals surface area contributed by atoms with Crippen molar-refractivity contribution in [1.82, 2.24) is 10.2 Å². The predicted molar refractivity (Wildman–Crippen MR) is 140 cm³/mol. The Kier molecular flexibility index (Phi) is 11.2. The van der Waals surface area contributed by atoms with Crippen LogP contribution in [0.3, 0.4) is 0 Å². The van der Waals surface area contributed by atoms with Crippen LogP contribution in [-0.4, -0.2) is 66.8 Å². The maximum Gasteiger partial charge on any atom is 0.326 e. The zero-order valence-electron chi connectivity index (χ0n) is 21.6. The molecule has 202 valence electrons. The zero-order chi connectivity index (χ0) is 26.2. The molecule has 0 unspecified atom stereocenters. The molecule has 1 aliphatic heterocycles. The number of carboxylic acid groups (broad SMARTS) is 1. The normalized spacial score (nSPS) is 16.0. The number of hydrogen-bond donors (Lipinski definition) is 2. The SMILES string of the molecule is CCOC(=O)[C@H](CCc1ccccc1)N[C@@H](C)C(=O)N1Cc2cc(OC)c(OC)cc2C[C@@H]1C(=O)O.Cl.